The number of hydrogen-bond donors (Lipinski definition) is 3. The Hall–Kier alpha value is -2.41. The first-order valence-electron chi connectivity index (χ1n) is 5.78. The van der Waals surface area contributed by atoms with Crippen molar-refractivity contribution in [3.63, 3.8) is 0 Å². The summed E-state index contributed by atoms with van der Waals surface area (Å²) in [5.74, 6) is 0.455. The molecule has 2 amide bonds. The Labute approximate surface area is 110 Å². The highest BCUT2D eigenvalue weighted by atomic mass is 16.5. The minimum Gasteiger partial charge on any atom is -0.324 e. The molecule has 0 fully saturated rings. The molecule has 1 aromatic heterocycles. The molecule has 2 aromatic rings. The minimum atomic E-state index is -0.447. The standard InChI is InChI=1S/C12H15N5O2/c1-7(13)9-3-5-10(6-4-9)15-11(18)16-12-14-8(2)17-19-12/h3-7H,13H2,1-2H3,(H2,14,15,16,17,18). The van der Waals surface area contributed by atoms with Crippen LogP contribution in [0.1, 0.15) is 24.4 Å². The molecule has 1 atom stereocenters. The number of carbonyl (C=O) groups excluding carboxylic acids is 1. The van der Waals surface area contributed by atoms with E-state index in [1.807, 2.05) is 19.1 Å². The number of benzene rings is 1. The molecule has 7 nitrogen and oxygen atoms in total. The molecule has 0 aliphatic carbocycles. The molecule has 0 spiro atoms. The fourth-order valence-corrected chi connectivity index (χ4v) is 1.48. The molecule has 0 saturated heterocycles. The summed E-state index contributed by atoms with van der Waals surface area (Å²) in [6, 6.07) is 6.84. The van der Waals surface area contributed by atoms with Gasteiger partial charge in [-0.25, -0.2) is 4.79 Å². The number of amides is 2. The predicted molar refractivity (Wildman–Crippen MR) is 70.7 cm³/mol. The largest absolute Gasteiger partial charge is 0.329 e. The summed E-state index contributed by atoms with van der Waals surface area (Å²) in [6.45, 7) is 3.56. The molecule has 0 aliphatic heterocycles. The van der Waals surface area contributed by atoms with Gasteiger partial charge in [0.15, 0.2) is 5.82 Å². The first kappa shape index (κ1) is 13.0. The molecule has 0 bridgehead atoms. The molecular weight excluding hydrogens is 246 g/mol. The highest BCUT2D eigenvalue weighted by Crippen LogP contribution is 2.14. The lowest BCUT2D eigenvalue weighted by Crippen LogP contribution is -2.19. The first-order chi connectivity index (χ1) is 9.04. The molecule has 0 aliphatic rings. The molecule has 100 valence electrons. The predicted octanol–water partition coefficient (Wildman–Crippen LogP) is 2.04. The average molecular weight is 261 g/mol. The van der Waals surface area contributed by atoms with Gasteiger partial charge in [0.1, 0.15) is 0 Å². The zero-order valence-corrected chi connectivity index (χ0v) is 10.7. The summed E-state index contributed by atoms with van der Waals surface area (Å²) in [4.78, 5) is 15.5. The van der Waals surface area contributed by atoms with Gasteiger partial charge in [-0.3, -0.25) is 5.32 Å². The molecule has 1 unspecified atom stereocenters. The monoisotopic (exact) mass is 261 g/mol. The van der Waals surface area contributed by atoms with Gasteiger partial charge in [0.05, 0.1) is 0 Å². The Balaban J connectivity index is 1.95. The van der Waals surface area contributed by atoms with Crippen molar-refractivity contribution in [3.8, 4) is 0 Å². The van der Waals surface area contributed by atoms with Crippen molar-refractivity contribution in [2.45, 2.75) is 19.9 Å². The van der Waals surface area contributed by atoms with E-state index in [0.29, 0.717) is 11.5 Å². The van der Waals surface area contributed by atoms with Crippen LogP contribution >= 0.6 is 0 Å². The number of urea groups is 1. The van der Waals surface area contributed by atoms with Crippen molar-refractivity contribution in [2.24, 2.45) is 5.73 Å². The smallest absolute Gasteiger partial charge is 0.324 e. The summed E-state index contributed by atoms with van der Waals surface area (Å²) in [6.07, 6.45) is 0. The molecule has 19 heavy (non-hydrogen) atoms. The highest BCUT2D eigenvalue weighted by molar-refractivity contribution is 5.98. The summed E-state index contributed by atoms with van der Waals surface area (Å²) < 4.78 is 4.77. The van der Waals surface area contributed by atoms with Crippen LogP contribution in [0.4, 0.5) is 16.5 Å². The van der Waals surface area contributed by atoms with Crippen molar-refractivity contribution in [2.75, 3.05) is 10.6 Å². The average Bonchev–Trinajstić information content (AvgIpc) is 2.75. The number of anilines is 2. The second-order valence-electron chi connectivity index (χ2n) is 4.14. The minimum absolute atomic E-state index is 0.0377. The van der Waals surface area contributed by atoms with Gasteiger partial charge in [-0.05, 0) is 31.5 Å². The number of aromatic nitrogens is 2. The summed E-state index contributed by atoms with van der Waals surface area (Å²) in [7, 11) is 0. The number of hydrogen-bond acceptors (Lipinski definition) is 5. The van der Waals surface area contributed by atoms with Crippen LogP contribution in [-0.2, 0) is 0 Å². The van der Waals surface area contributed by atoms with E-state index in [4.69, 9.17) is 10.3 Å². The molecular formula is C12H15N5O2. The molecule has 1 heterocycles. The van der Waals surface area contributed by atoms with E-state index < -0.39 is 6.03 Å². The van der Waals surface area contributed by atoms with Crippen LogP contribution in [0.25, 0.3) is 0 Å². The Morgan fingerprint density at radius 2 is 2.00 bits per heavy atom. The van der Waals surface area contributed by atoms with Gasteiger partial charge in [0, 0.05) is 11.7 Å². The Morgan fingerprint density at radius 1 is 1.32 bits per heavy atom. The van der Waals surface area contributed by atoms with Crippen LogP contribution in [0.3, 0.4) is 0 Å². The van der Waals surface area contributed by atoms with Crippen molar-refractivity contribution >= 4 is 17.7 Å². The van der Waals surface area contributed by atoms with Crippen LogP contribution < -0.4 is 16.4 Å². The quantitative estimate of drug-likeness (QED) is 0.783. The summed E-state index contributed by atoms with van der Waals surface area (Å²) in [5, 5.41) is 8.65. The molecule has 7 heteroatoms. The van der Waals surface area contributed by atoms with Crippen LogP contribution in [0, 0.1) is 6.92 Å². The van der Waals surface area contributed by atoms with Crippen molar-refractivity contribution in [1.82, 2.24) is 10.1 Å². The van der Waals surface area contributed by atoms with Gasteiger partial charge in [-0.15, -0.1) is 0 Å². The topological polar surface area (TPSA) is 106 Å². The van der Waals surface area contributed by atoms with E-state index in [9.17, 15) is 4.79 Å². The number of nitrogens with one attached hydrogen (secondary N) is 2. The van der Waals surface area contributed by atoms with Crippen molar-refractivity contribution in [3.05, 3.63) is 35.7 Å². The van der Waals surface area contributed by atoms with E-state index in [1.54, 1.807) is 19.1 Å². The maximum atomic E-state index is 11.6. The van der Waals surface area contributed by atoms with E-state index in [2.05, 4.69) is 20.8 Å². The third-order valence-electron chi connectivity index (χ3n) is 2.44. The number of nitrogens with zero attached hydrogens (tertiary/aromatic N) is 2. The third-order valence-corrected chi connectivity index (χ3v) is 2.44. The second-order valence-corrected chi connectivity index (χ2v) is 4.14. The molecule has 0 radical (unpaired) electrons. The van der Waals surface area contributed by atoms with Crippen LogP contribution in [0.5, 0.6) is 0 Å². The van der Waals surface area contributed by atoms with E-state index in [-0.39, 0.29) is 12.1 Å². The van der Waals surface area contributed by atoms with Crippen LogP contribution in [0.15, 0.2) is 28.8 Å². The molecule has 0 saturated carbocycles. The van der Waals surface area contributed by atoms with Gasteiger partial charge in [0.2, 0.25) is 0 Å². The summed E-state index contributed by atoms with van der Waals surface area (Å²) in [5.41, 5.74) is 7.39. The maximum Gasteiger partial charge on any atom is 0.329 e. The zero-order chi connectivity index (χ0) is 13.8. The van der Waals surface area contributed by atoms with Crippen LogP contribution in [0.2, 0.25) is 0 Å². The molecule has 2 rings (SSSR count). The number of rotatable bonds is 3. The molecule has 4 N–H and O–H groups in total. The van der Waals surface area contributed by atoms with E-state index >= 15 is 0 Å². The van der Waals surface area contributed by atoms with Gasteiger partial charge < -0.3 is 15.6 Å². The second kappa shape index (κ2) is 5.49. The van der Waals surface area contributed by atoms with Crippen molar-refractivity contribution in [1.29, 1.82) is 0 Å². The number of aryl methyl sites for hydroxylation is 1. The fraction of sp³-hybridized carbons (Fsp3) is 0.250. The van der Waals surface area contributed by atoms with E-state index in [1.165, 1.54) is 0 Å². The highest BCUT2D eigenvalue weighted by Gasteiger charge is 2.08. The van der Waals surface area contributed by atoms with Crippen LogP contribution in [-0.4, -0.2) is 16.2 Å². The Morgan fingerprint density at radius 3 is 2.53 bits per heavy atom. The van der Waals surface area contributed by atoms with Gasteiger partial charge in [-0.2, -0.15) is 4.98 Å². The lowest BCUT2D eigenvalue weighted by molar-refractivity contribution is 0.261. The van der Waals surface area contributed by atoms with Gasteiger partial charge >= 0.3 is 12.0 Å². The molecule has 1 aromatic carbocycles. The summed E-state index contributed by atoms with van der Waals surface area (Å²) >= 11 is 0. The van der Waals surface area contributed by atoms with Crippen molar-refractivity contribution < 1.29 is 9.32 Å². The normalized spacial score (nSPS) is 11.9. The lowest BCUT2D eigenvalue weighted by Gasteiger charge is -2.08. The number of carbonyl (C=O) groups is 1. The first-order valence-corrected chi connectivity index (χ1v) is 5.78. The Bertz CT molecular complexity index is 562. The fourth-order valence-electron chi connectivity index (χ4n) is 1.48. The lowest BCUT2D eigenvalue weighted by atomic mass is 10.1. The third kappa shape index (κ3) is 3.52. The Kier molecular flexibility index (Phi) is 3.76. The van der Waals surface area contributed by atoms with Gasteiger partial charge in [0.25, 0.3) is 0 Å². The maximum absolute atomic E-state index is 11.6. The van der Waals surface area contributed by atoms with Gasteiger partial charge in [-0.1, -0.05) is 17.3 Å². The SMILES string of the molecule is Cc1noc(NC(=O)Nc2ccc(C(C)N)cc2)n1. The van der Waals surface area contributed by atoms with E-state index in [0.717, 1.165) is 5.56 Å². The number of nitrogens with two attached hydrogens (primary N) is 1. The zero-order valence-electron chi connectivity index (χ0n) is 10.7.